The number of halogens is 2. The monoisotopic (exact) mass is 371 g/mol. The number of carbonyl (C=O) groups excluding carboxylic acids is 1. The second-order valence-corrected chi connectivity index (χ2v) is 6.39. The number of anilines is 1. The van der Waals surface area contributed by atoms with E-state index in [1.165, 1.54) is 16.8 Å². The average molecular weight is 372 g/mol. The smallest absolute Gasteiger partial charge is 0.256 e. The van der Waals surface area contributed by atoms with E-state index in [4.69, 9.17) is 17.3 Å². The fourth-order valence-electron chi connectivity index (χ4n) is 3.36. The topological polar surface area (TPSA) is 117 Å². The fraction of sp³-hybridized carbons (Fsp3) is 0.118. The molecule has 1 amide bonds. The van der Waals surface area contributed by atoms with E-state index in [1.54, 1.807) is 7.05 Å². The Morgan fingerprint density at radius 2 is 2.19 bits per heavy atom. The Morgan fingerprint density at radius 1 is 1.46 bits per heavy atom. The van der Waals surface area contributed by atoms with Crippen LogP contribution in [-0.4, -0.2) is 20.8 Å². The molecule has 4 N–H and O–H groups in total. The number of hydrogen-bond donors (Lipinski definition) is 3. The van der Waals surface area contributed by atoms with E-state index in [0.717, 1.165) is 12.1 Å². The van der Waals surface area contributed by atoms with Gasteiger partial charge in [-0.2, -0.15) is 10.4 Å². The van der Waals surface area contributed by atoms with Gasteiger partial charge >= 0.3 is 0 Å². The van der Waals surface area contributed by atoms with E-state index in [2.05, 4.69) is 10.4 Å². The van der Waals surface area contributed by atoms with Crippen molar-refractivity contribution in [2.24, 2.45) is 7.05 Å². The molecule has 1 aliphatic heterocycles. The van der Waals surface area contributed by atoms with Crippen molar-refractivity contribution in [1.82, 2.24) is 15.1 Å². The van der Waals surface area contributed by atoms with E-state index in [-0.39, 0.29) is 38.6 Å². The van der Waals surface area contributed by atoms with Crippen molar-refractivity contribution in [2.75, 3.05) is 5.73 Å². The van der Waals surface area contributed by atoms with Gasteiger partial charge in [-0.15, -0.1) is 0 Å². The minimum absolute atomic E-state index is 0.0277. The molecule has 3 aromatic rings. The molecule has 1 atom stereocenters. The summed E-state index contributed by atoms with van der Waals surface area (Å²) in [5.41, 5.74) is 4.49. The quantitative estimate of drug-likeness (QED) is 0.563. The third-order valence-corrected chi connectivity index (χ3v) is 4.80. The summed E-state index contributed by atoms with van der Waals surface area (Å²) in [6, 6.07) is 6.90. The van der Waals surface area contributed by atoms with Gasteiger partial charge in [0.25, 0.3) is 5.91 Å². The number of aromatic nitrogens is 2. The van der Waals surface area contributed by atoms with Crippen molar-refractivity contribution in [3.8, 4) is 6.07 Å². The van der Waals surface area contributed by atoms with Crippen LogP contribution >= 0.6 is 11.6 Å². The van der Waals surface area contributed by atoms with Gasteiger partial charge in [0.15, 0.2) is 5.72 Å². The lowest BCUT2D eigenvalue weighted by molar-refractivity contribution is 0.0479. The second kappa shape index (κ2) is 5.17. The summed E-state index contributed by atoms with van der Waals surface area (Å²) in [6.45, 7) is 0. The number of hydrogen-bond acceptors (Lipinski definition) is 5. The average Bonchev–Trinajstić information content (AvgIpc) is 3.04. The van der Waals surface area contributed by atoms with Crippen LogP contribution in [0, 0.1) is 17.1 Å². The third-order valence-electron chi connectivity index (χ3n) is 4.47. The number of aliphatic hydroxyl groups is 1. The molecule has 0 fully saturated rings. The molecule has 4 rings (SSSR count). The number of nitrogens with two attached hydrogens (primary N) is 1. The van der Waals surface area contributed by atoms with Gasteiger partial charge in [-0.1, -0.05) is 11.6 Å². The highest BCUT2D eigenvalue weighted by molar-refractivity contribution is 6.31. The highest BCUT2D eigenvalue weighted by Crippen LogP contribution is 2.44. The molecule has 9 heteroatoms. The summed E-state index contributed by atoms with van der Waals surface area (Å²) >= 11 is 6.12. The van der Waals surface area contributed by atoms with E-state index in [1.807, 2.05) is 6.07 Å². The highest BCUT2D eigenvalue weighted by Gasteiger charge is 2.47. The summed E-state index contributed by atoms with van der Waals surface area (Å²) < 4.78 is 15.1. The maximum atomic E-state index is 13.7. The fourth-order valence-corrected chi connectivity index (χ4v) is 3.62. The van der Waals surface area contributed by atoms with Crippen LogP contribution in [0.3, 0.4) is 0 Å². The molecule has 0 saturated carbocycles. The van der Waals surface area contributed by atoms with E-state index in [9.17, 15) is 19.6 Å². The molecule has 26 heavy (non-hydrogen) atoms. The molecule has 0 radical (unpaired) electrons. The summed E-state index contributed by atoms with van der Waals surface area (Å²) in [5.74, 6) is -1.28. The normalized spacial score (nSPS) is 18.7. The van der Waals surface area contributed by atoms with Crippen LogP contribution in [0.15, 0.2) is 24.3 Å². The number of nitrogens with one attached hydrogen (secondary N) is 1. The van der Waals surface area contributed by atoms with Crippen LogP contribution in [0.4, 0.5) is 10.1 Å². The molecular formula is C17H11ClFN5O2. The molecule has 0 saturated heterocycles. The van der Waals surface area contributed by atoms with Crippen LogP contribution in [-0.2, 0) is 12.8 Å². The molecule has 2 heterocycles. The van der Waals surface area contributed by atoms with E-state index < -0.39 is 17.4 Å². The number of aryl methyl sites for hydroxylation is 1. The Morgan fingerprint density at radius 3 is 2.88 bits per heavy atom. The van der Waals surface area contributed by atoms with Gasteiger partial charge in [0.2, 0.25) is 0 Å². The first-order chi connectivity index (χ1) is 12.3. The number of amides is 1. The molecule has 1 aliphatic rings. The zero-order chi connectivity index (χ0) is 18.8. The standard InChI is InChI=1S/C17H11ClFN5O2/c1-24-12(6-20)8-5-11(21)14-13(15(8)23-24)16(25)22-17(14,26)9-4-7(19)2-3-10(9)18/h2-5,26H,21H2,1H3,(H,22,25). The molecule has 1 aromatic heterocycles. The summed E-state index contributed by atoms with van der Waals surface area (Å²) in [5, 5.41) is 27.6. The predicted octanol–water partition coefficient (Wildman–Crippen LogP) is 1.76. The Labute approximate surface area is 151 Å². The number of rotatable bonds is 1. The van der Waals surface area contributed by atoms with Crippen LogP contribution in [0.5, 0.6) is 0 Å². The van der Waals surface area contributed by atoms with Gasteiger partial charge < -0.3 is 16.2 Å². The van der Waals surface area contributed by atoms with Crippen molar-refractivity contribution in [3.05, 3.63) is 57.5 Å². The molecule has 0 bridgehead atoms. The van der Waals surface area contributed by atoms with Gasteiger partial charge in [0.1, 0.15) is 23.1 Å². The number of nitrogen functional groups attached to an aromatic ring is 1. The van der Waals surface area contributed by atoms with Crippen LogP contribution in [0.1, 0.15) is 27.2 Å². The maximum absolute atomic E-state index is 13.7. The van der Waals surface area contributed by atoms with Gasteiger partial charge in [0, 0.05) is 34.3 Å². The first-order valence-electron chi connectivity index (χ1n) is 7.48. The zero-order valence-corrected chi connectivity index (χ0v) is 14.1. The number of fused-ring (bicyclic) bond motifs is 3. The summed E-state index contributed by atoms with van der Waals surface area (Å²) in [6.07, 6.45) is 0. The number of nitriles is 1. The molecule has 130 valence electrons. The highest BCUT2D eigenvalue weighted by atomic mass is 35.5. The minimum atomic E-state index is -2.12. The Balaban J connectivity index is 2.11. The number of benzene rings is 2. The third kappa shape index (κ3) is 1.95. The van der Waals surface area contributed by atoms with Crippen molar-refractivity contribution >= 4 is 34.1 Å². The van der Waals surface area contributed by atoms with Crippen LogP contribution in [0.2, 0.25) is 5.02 Å². The van der Waals surface area contributed by atoms with Crippen molar-refractivity contribution in [1.29, 1.82) is 5.26 Å². The lowest BCUT2D eigenvalue weighted by atomic mass is 9.91. The first-order valence-corrected chi connectivity index (χ1v) is 7.86. The summed E-state index contributed by atoms with van der Waals surface area (Å²) in [4.78, 5) is 12.6. The van der Waals surface area contributed by atoms with Gasteiger partial charge in [-0.25, -0.2) is 4.39 Å². The minimum Gasteiger partial charge on any atom is -0.398 e. The molecular weight excluding hydrogens is 361 g/mol. The molecule has 7 nitrogen and oxygen atoms in total. The summed E-state index contributed by atoms with van der Waals surface area (Å²) in [7, 11) is 1.56. The Bertz CT molecular complexity index is 1170. The second-order valence-electron chi connectivity index (χ2n) is 5.98. The molecule has 0 aliphatic carbocycles. The Hall–Kier alpha value is -3.15. The SMILES string of the molecule is Cn1nc2c3c(c(N)cc2c1C#N)C(O)(c1cc(F)ccc1Cl)NC3=O. The van der Waals surface area contributed by atoms with E-state index >= 15 is 0 Å². The predicted molar refractivity (Wildman–Crippen MR) is 91.7 cm³/mol. The van der Waals surface area contributed by atoms with Crippen LogP contribution in [0.25, 0.3) is 10.9 Å². The van der Waals surface area contributed by atoms with Gasteiger partial charge in [-0.05, 0) is 24.3 Å². The molecule has 2 aromatic carbocycles. The van der Waals surface area contributed by atoms with Crippen molar-refractivity contribution in [3.63, 3.8) is 0 Å². The van der Waals surface area contributed by atoms with Crippen LogP contribution < -0.4 is 11.1 Å². The van der Waals surface area contributed by atoms with E-state index in [0.29, 0.717) is 5.39 Å². The Kier molecular flexibility index (Phi) is 3.25. The molecule has 1 unspecified atom stereocenters. The number of carbonyl (C=O) groups is 1. The van der Waals surface area contributed by atoms with Gasteiger partial charge in [-0.3, -0.25) is 9.48 Å². The lowest BCUT2D eigenvalue weighted by Gasteiger charge is -2.26. The maximum Gasteiger partial charge on any atom is 0.256 e. The number of nitrogens with zero attached hydrogens (tertiary/aromatic N) is 3. The largest absolute Gasteiger partial charge is 0.398 e. The van der Waals surface area contributed by atoms with Crippen molar-refractivity contribution in [2.45, 2.75) is 5.72 Å². The van der Waals surface area contributed by atoms with Crippen molar-refractivity contribution < 1.29 is 14.3 Å². The zero-order valence-electron chi connectivity index (χ0n) is 13.3. The lowest BCUT2D eigenvalue weighted by Crippen LogP contribution is -2.40. The molecule has 0 spiro atoms. The first kappa shape index (κ1) is 16.3. The van der Waals surface area contributed by atoms with Gasteiger partial charge in [0.05, 0.1) is 5.56 Å².